The lowest BCUT2D eigenvalue weighted by Crippen LogP contribution is -2.24. The summed E-state index contributed by atoms with van der Waals surface area (Å²) in [5.41, 5.74) is 1.19. The van der Waals surface area contributed by atoms with Crippen molar-refractivity contribution in [3.63, 3.8) is 0 Å². The van der Waals surface area contributed by atoms with Crippen LogP contribution in [0.4, 0.5) is 5.69 Å². The Labute approximate surface area is 99.6 Å². The van der Waals surface area contributed by atoms with E-state index >= 15 is 0 Å². The van der Waals surface area contributed by atoms with Crippen molar-refractivity contribution in [1.82, 2.24) is 4.98 Å². The number of aromatic nitrogens is 1. The van der Waals surface area contributed by atoms with Crippen LogP contribution in [0.2, 0.25) is 0 Å². The fourth-order valence-corrected chi connectivity index (χ4v) is 2.08. The molecule has 5 heteroatoms. The first-order valence-corrected chi connectivity index (χ1v) is 5.44. The molecule has 0 spiro atoms. The van der Waals surface area contributed by atoms with Crippen molar-refractivity contribution < 1.29 is 9.53 Å². The molecule has 0 N–H and O–H groups in total. The highest BCUT2D eigenvalue weighted by Crippen LogP contribution is 2.26. The van der Waals surface area contributed by atoms with E-state index in [0.29, 0.717) is 12.2 Å². The third-order valence-electron chi connectivity index (χ3n) is 2.96. The lowest BCUT2D eigenvalue weighted by Gasteiger charge is -2.18. The summed E-state index contributed by atoms with van der Waals surface area (Å²) >= 11 is 0. The summed E-state index contributed by atoms with van der Waals surface area (Å²) in [6.45, 7) is 1.34. The third-order valence-corrected chi connectivity index (χ3v) is 2.96. The number of hydrogen-bond acceptors (Lipinski definition) is 5. The molecule has 1 aromatic rings. The van der Waals surface area contributed by atoms with Gasteiger partial charge in [0.15, 0.2) is 5.69 Å². The molecule has 2 heterocycles. The first kappa shape index (κ1) is 11.4. The third kappa shape index (κ3) is 2.21. The molecule has 1 aliphatic rings. The molecule has 0 saturated carbocycles. The van der Waals surface area contributed by atoms with Crippen LogP contribution in [0.25, 0.3) is 0 Å². The second kappa shape index (κ2) is 4.83. The number of methoxy groups -OCH3 is 1. The van der Waals surface area contributed by atoms with Crippen LogP contribution >= 0.6 is 0 Å². The van der Waals surface area contributed by atoms with Crippen LogP contribution in [0.1, 0.15) is 12.1 Å². The first-order chi connectivity index (χ1) is 8.26. The van der Waals surface area contributed by atoms with Gasteiger partial charge in [0.25, 0.3) is 0 Å². The Kier molecular flexibility index (Phi) is 3.24. The van der Waals surface area contributed by atoms with E-state index in [1.165, 1.54) is 7.11 Å². The number of ether oxygens (including phenoxy) is 1. The maximum Gasteiger partial charge on any atom is 0.310 e. The molecule has 0 bridgehead atoms. The molecule has 5 nitrogen and oxygen atoms in total. The van der Waals surface area contributed by atoms with Gasteiger partial charge >= 0.3 is 5.97 Å². The molecular weight excluding hydrogens is 218 g/mol. The van der Waals surface area contributed by atoms with Gasteiger partial charge in [-0.3, -0.25) is 4.79 Å². The Morgan fingerprint density at radius 3 is 3.24 bits per heavy atom. The van der Waals surface area contributed by atoms with Gasteiger partial charge in [0.2, 0.25) is 0 Å². The van der Waals surface area contributed by atoms with Crippen LogP contribution in [0, 0.1) is 17.2 Å². The highest BCUT2D eigenvalue weighted by atomic mass is 16.5. The topological polar surface area (TPSA) is 66.2 Å². The van der Waals surface area contributed by atoms with Gasteiger partial charge in [0.05, 0.1) is 18.7 Å². The first-order valence-electron chi connectivity index (χ1n) is 5.44. The van der Waals surface area contributed by atoms with E-state index in [4.69, 9.17) is 10.00 Å². The molecule has 1 fully saturated rings. The number of nitrogens with zero attached hydrogens (tertiary/aromatic N) is 3. The summed E-state index contributed by atoms with van der Waals surface area (Å²) in [5.74, 6) is -0.290. The number of hydrogen-bond donors (Lipinski definition) is 0. The largest absolute Gasteiger partial charge is 0.469 e. The Balaban J connectivity index is 2.16. The fraction of sp³-hybridized carbons (Fsp3) is 0.417. The molecule has 2 rings (SSSR count). The molecule has 0 radical (unpaired) electrons. The summed E-state index contributed by atoms with van der Waals surface area (Å²) in [6.07, 6.45) is 2.35. The quantitative estimate of drug-likeness (QED) is 0.709. The number of carbonyl (C=O) groups excluding carboxylic acids is 1. The highest BCUT2D eigenvalue weighted by Gasteiger charge is 2.30. The summed E-state index contributed by atoms with van der Waals surface area (Å²) in [4.78, 5) is 17.4. The van der Waals surface area contributed by atoms with Gasteiger partial charge in [-0.25, -0.2) is 4.98 Å². The van der Waals surface area contributed by atoms with Gasteiger partial charge in [0.1, 0.15) is 6.07 Å². The van der Waals surface area contributed by atoms with Crippen molar-refractivity contribution in [1.29, 1.82) is 5.26 Å². The second-order valence-corrected chi connectivity index (χ2v) is 3.94. The molecular formula is C12H13N3O2. The fourth-order valence-electron chi connectivity index (χ4n) is 2.08. The average molecular weight is 231 g/mol. The molecule has 1 aliphatic heterocycles. The van der Waals surface area contributed by atoms with E-state index in [2.05, 4.69) is 11.1 Å². The summed E-state index contributed by atoms with van der Waals surface area (Å²) in [6, 6.07) is 5.71. The minimum absolute atomic E-state index is 0.105. The van der Waals surface area contributed by atoms with E-state index in [9.17, 15) is 4.79 Å². The monoisotopic (exact) mass is 231 g/mol. The van der Waals surface area contributed by atoms with E-state index in [1.54, 1.807) is 12.3 Å². The zero-order chi connectivity index (χ0) is 12.3. The zero-order valence-electron chi connectivity index (χ0n) is 9.59. The number of anilines is 1. The average Bonchev–Trinajstić information content (AvgIpc) is 2.87. The molecule has 0 aromatic carbocycles. The maximum atomic E-state index is 11.4. The predicted molar refractivity (Wildman–Crippen MR) is 61.3 cm³/mol. The van der Waals surface area contributed by atoms with Gasteiger partial charge in [-0.05, 0) is 18.6 Å². The van der Waals surface area contributed by atoms with E-state index in [-0.39, 0.29) is 11.9 Å². The van der Waals surface area contributed by atoms with E-state index in [0.717, 1.165) is 18.7 Å². The Morgan fingerprint density at radius 2 is 2.53 bits per heavy atom. The SMILES string of the molecule is COC(=O)C1CCN(c2cccnc2C#N)C1. The number of pyridine rings is 1. The highest BCUT2D eigenvalue weighted by molar-refractivity contribution is 5.74. The van der Waals surface area contributed by atoms with Crippen molar-refractivity contribution in [3.8, 4) is 6.07 Å². The standard InChI is InChI=1S/C12H13N3O2/c1-17-12(16)9-4-6-15(8-9)11-3-2-5-14-10(11)7-13/h2-3,5,9H,4,6,8H2,1H3. The van der Waals surface area contributed by atoms with Crippen LogP contribution in [0.5, 0.6) is 0 Å². The summed E-state index contributed by atoms with van der Waals surface area (Å²) in [5, 5.41) is 8.97. The van der Waals surface area contributed by atoms with Crippen molar-refractivity contribution in [3.05, 3.63) is 24.0 Å². The van der Waals surface area contributed by atoms with Gasteiger partial charge in [-0.1, -0.05) is 0 Å². The van der Waals surface area contributed by atoms with Crippen LogP contribution in [0.3, 0.4) is 0 Å². The van der Waals surface area contributed by atoms with E-state index < -0.39 is 0 Å². The minimum Gasteiger partial charge on any atom is -0.469 e. The van der Waals surface area contributed by atoms with Crippen LogP contribution in [0.15, 0.2) is 18.3 Å². The number of esters is 1. The lowest BCUT2D eigenvalue weighted by molar-refractivity contribution is -0.144. The molecule has 1 aromatic heterocycles. The Bertz CT molecular complexity index is 467. The Morgan fingerprint density at radius 1 is 1.71 bits per heavy atom. The van der Waals surface area contributed by atoms with Gasteiger partial charge in [-0.2, -0.15) is 5.26 Å². The molecule has 1 saturated heterocycles. The molecule has 17 heavy (non-hydrogen) atoms. The molecule has 0 amide bonds. The molecule has 1 unspecified atom stereocenters. The summed E-state index contributed by atoms with van der Waals surface area (Å²) in [7, 11) is 1.40. The van der Waals surface area contributed by atoms with Crippen LogP contribution in [-0.2, 0) is 9.53 Å². The smallest absolute Gasteiger partial charge is 0.310 e. The Hall–Kier alpha value is -2.09. The van der Waals surface area contributed by atoms with E-state index in [1.807, 2.05) is 11.0 Å². The van der Waals surface area contributed by atoms with Gasteiger partial charge in [-0.15, -0.1) is 0 Å². The van der Waals surface area contributed by atoms with Crippen LogP contribution < -0.4 is 4.90 Å². The number of nitriles is 1. The predicted octanol–water partition coefficient (Wildman–Crippen LogP) is 0.953. The zero-order valence-corrected chi connectivity index (χ0v) is 9.59. The van der Waals surface area contributed by atoms with Gasteiger partial charge < -0.3 is 9.64 Å². The second-order valence-electron chi connectivity index (χ2n) is 3.94. The maximum absolute atomic E-state index is 11.4. The molecule has 88 valence electrons. The molecule has 0 aliphatic carbocycles. The van der Waals surface area contributed by atoms with Crippen molar-refractivity contribution in [2.75, 3.05) is 25.1 Å². The van der Waals surface area contributed by atoms with Crippen molar-refractivity contribution in [2.45, 2.75) is 6.42 Å². The molecule has 1 atom stereocenters. The normalized spacial score (nSPS) is 18.8. The number of rotatable bonds is 2. The van der Waals surface area contributed by atoms with Crippen LogP contribution in [-0.4, -0.2) is 31.2 Å². The van der Waals surface area contributed by atoms with Crippen molar-refractivity contribution >= 4 is 11.7 Å². The number of carbonyl (C=O) groups is 1. The summed E-state index contributed by atoms with van der Waals surface area (Å²) < 4.78 is 4.73. The lowest BCUT2D eigenvalue weighted by atomic mass is 10.1. The van der Waals surface area contributed by atoms with Crippen molar-refractivity contribution in [2.24, 2.45) is 5.92 Å². The minimum atomic E-state index is -0.185. The van der Waals surface area contributed by atoms with Gasteiger partial charge in [0, 0.05) is 19.3 Å².